The smallest absolute Gasteiger partial charge is 0.180 e. The van der Waals surface area contributed by atoms with Gasteiger partial charge in [-0.2, -0.15) is 5.06 Å². The van der Waals surface area contributed by atoms with Crippen molar-refractivity contribution in [3.8, 4) is 0 Å². The van der Waals surface area contributed by atoms with Crippen LogP contribution >= 0.6 is 18.5 Å². The SMILES string of the molecule is CCCC(P)(C(OC)OC)C(C)N(OC)C(P)(CCC)C(OC)OC. The average Bonchev–Trinajstić information content (AvgIpc) is 2.57. The Hall–Kier alpha value is 0.620. The van der Waals surface area contributed by atoms with Crippen LogP contribution in [0.2, 0.25) is 0 Å². The Morgan fingerprint density at radius 1 is 0.800 bits per heavy atom. The van der Waals surface area contributed by atoms with Crippen molar-refractivity contribution in [1.29, 1.82) is 0 Å². The molecule has 5 unspecified atom stereocenters. The molecule has 0 aliphatic rings. The molecule has 0 rings (SSSR count). The summed E-state index contributed by atoms with van der Waals surface area (Å²) in [6.45, 7) is 6.40. The van der Waals surface area contributed by atoms with Gasteiger partial charge in [0.05, 0.1) is 12.3 Å². The van der Waals surface area contributed by atoms with Crippen LogP contribution in [0, 0.1) is 0 Å². The van der Waals surface area contributed by atoms with Crippen LogP contribution < -0.4 is 0 Å². The Morgan fingerprint density at radius 3 is 1.56 bits per heavy atom. The third-order valence-corrected chi connectivity index (χ3v) is 6.63. The maximum absolute atomic E-state index is 5.87. The van der Waals surface area contributed by atoms with E-state index in [2.05, 4.69) is 39.3 Å². The van der Waals surface area contributed by atoms with Gasteiger partial charge in [-0.15, -0.1) is 18.5 Å². The molecule has 0 N–H and O–H groups in total. The van der Waals surface area contributed by atoms with E-state index in [1.165, 1.54) is 0 Å². The van der Waals surface area contributed by atoms with Crippen molar-refractivity contribution in [2.24, 2.45) is 0 Å². The van der Waals surface area contributed by atoms with Gasteiger partial charge in [0.25, 0.3) is 0 Å². The topological polar surface area (TPSA) is 49.4 Å². The fourth-order valence-corrected chi connectivity index (χ4v) is 5.22. The second-order valence-corrected chi connectivity index (χ2v) is 8.47. The Morgan fingerprint density at radius 2 is 1.24 bits per heavy atom. The van der Waals surface area contributed by atoms with Gasteiger partial charge in [-0.1, -0.05) is 26.7 Å². The summed E-state index contributed by atoms with van der Waals surface area (Å²) >= 11 is 0. The fourth-order valence-electron chi connectivity index (χ4n) is 3.64. The number of rotatable bonds is 14. The lowest BCUT2D eigenvalue weighted by Crippen LogP contribution is -2.63. The zero-order chi connectivity index (χ0) is 19.7. The number of ether oxygens (including phenoxy) is 4. The summed E-state index contributed by atoms with van der Waals surface area (Å²) in [5.74, 6) is 0. The molecule has 0 bridgehead atoms. The minimum Gasteiger partial charge on any atom is -0.355 e. The van der Waals surface area contributed by atoms with E-state index in [4.69, 9.17) is 23.8 Å². The maximum Gasteiger partial charge on any atom is 0.180 e. The van der Waals surface area contributed by atoms with Gasteiger partial charge in [-0.3, -0.25) is 0 Å². The van der Waals surface area contributed by atoms with E-state index in [0.717, 1.165) is 25.7 Å². The molecule has 0 saturated heterocycles. The van der Waals surface area contributed by atoms with Gasteiger partial charge in [0.1, 0.15) is 5.28 Å². The van der Waals surface area contributed by atoms with Crippen LogP contribution in [-0.2, 0) is 23.8 Å². The third kappa shape index (κ3) is 5.80. The highest BCUT2D eigenvalue weighted by atomic mass is 31.0. The number of nitrogens with zero attached hydrogens (tertiary/aromatic N) is 1. The van der Waals surface area contributed by atoms with Crippen molar-refractivity contribution >= 4 is 18.5 Å². The summed E-state index contributed by atoms with van der Waals surface area (Å²) in [5.41, 5.74) is 0. The highest BCUT2D eigenvalue weighted by Crippen LogP contribution is 2.44. The zero-order valence-electron chi connectivity index (χ0n) is 17.2. The average molecular weight is 399 g/mol. The van der Waals surface area contributed by atoms with Crippen molar-refractivity contribution in [2.75, 3.05) is 35.5 Å². The van der Waals surface area contributed by atoms with Crippen molar-refractivity contribution < 1.29 is 23.8 Å². The summed E-state index contributed by atoms with van der Waals surface area (Å²) in [7, 11) is 14.1. The molecule has 152 valence electrons. The molecule has 0 saturated carbocycles. The van der Waals surface area contributed by atoms with Gasteiger partial charge in [0, 0.05) is 34.5 Å². The van der Waals surface area contributed by atoms with Crippen LogP contribution in [-0.4, -0.2) is 69.7 Å². The van der Waals surface area contributed by atoms with Crippen LogP contribution in [0.3, 0.4) is 0 Å². The summed E-state index contributed by atoms with van der Waals surface area (Å²) in [6, 6.07) is -0.0517. The molecule has 0 radical (unpaired) electrons. The molecule has 0 aliphatic carbocycles. The lowest BCUT2D eigenvalue weighted by molar-refractivity contribution is -0.280. The van der Waals surface area contributed by atoms with Crippen LogP contribution in [0.15, 0.2) is 0 Å². The highest BCUT2D eigenvalue weighted by Gasteiger charge is 2.51. The standard InChI is InChI=1S/C17H39NO5P2/c1-9-11-16(24,14(19-4)20-5)13(3)18(23-8)17(25,12-10-2)15(21-6)22-7/h13-15H,9-12,24-25H2,1-8H3. The molecule has 0 aliphatic heterocycles. The maximum atomic E-state index is 5.87. The zero-order valence-corrected chi connectivity index (χ0v) is 19.5. The molecular weight excluding hydrogens is 360 g/mol. The molecule has 25 heavy (non-hydrogen) atoms. The lowest BCUT2D eigenvalue weighted by atomic mass is 9.91. The van der Waals surface area contributed by atoms with Gasteiger partial charge in [0.15, 0.2) is 12.6 Å². The van der Waals surface area contributed by atoms with E-state index >= 15 is 0 Å². The van der Waals surface area contributed by atoms with E-state index in [9.17, 15) is 0 Å². The van der Waals surface area contributed by atoms with E-state index in [0.29, 0.717) is 0 Å². The first-order chi connectivity index (χ1) is 11.8. The monoisotopic (exact) mass is 399 g/mol. The molecule has 6 nitrogen and oxygen atoms in total. The van der Waals surface area contributed by atoms with Crippen molar-refractivity contribution in [3.63, 3.8) is 0 Å². The van der Waals surface area contributed by atoms with Crippen LogP contribution in [0.5, 0.6) is 0 Å². The molecule has 0 amide bonds. The lowest BCUT2D eigenvalue weighted by Gasteiger charge is -2.51. The minimum absolute atomic E-state index is 0.0517. The highest BCUT2D eigenvalue weighted by molar-refractivity contribution is 7.19. The molecule has 0 aromatic carbocycles. The van der Waals surface area contributed by atoms with Crippen molar-refractivity contribution in [1.82, 2.24) is 5.06 Å². The first-order valence-electron chi connectivity index (χ1n) is 8.79. The minimum atomic E-state index is -0.548. The molecular formula is C17H39NO5P2. The van der Waals surface area contributed by atoms with Gasteiger partial charge >= 0.3 is 0 Å². The second kappa shape index (κ2) is 12.2. The van der Waals surface area contributed by atoms with Gasteiger partial charge in [0.2, 0.25) is 0 Å². The second-order valence-electron chi connectivity index (χ2n) is 6.39. The first kappa shape index (κ1) is 25.6. The third-order valence-electron chi connectivity index (χ3n) is 4.77. The summed E-state index contributed by atoms with van der Waals surface area (Å²) in [5, 5.41) is 1.04. The van der Waals surface area contributed by atoms with Gasteiger partial charge < -0.3 is 23.8 Å². The predicted molar refractivity (Wildman–Crippen MR) is 109 cm³/mol. The van der Waals surface area contributed by atoms with Crippen molar-refractivity contribution in [3.05, 3.63) is 0 Å². The van der Waals surface area contributed by atoms with E-state index in [1.54, 1.807) is 35.5 Å². The number of hydrogen-bond donors (Lipinski definition) is 0. The predicted octanol–water partition coefficient (Wildman–Crippen LogP) is 3.26. The number of hydrogen-bond acceptors (Lipinski definition) is 6. The summed E-state index contributed by atoms with van der Waals surface area (Å²) in [4.78, 5) is 5.87. The summed E-state index contributed by atoms with van der Waals surface area (Å²) in [6.07, 6.45) is 2.81. The Balaban J connectivity index is 5.98. The van der Waals surface area contributed by atoms with Crippen LogP contribution in [0.4, 0.5) is 0 Å². The normalized spacial score (nSPS) is 18.6. The summed E-state index contributed by atoms with van der Waals surface area (Å²) < 4.78 is 22.5. The Bertz CT molecular complexity index is 358. The molecule has 5 atom stereocenters. The quantitative estimate of drug-likeness (QED) is 0.254. The van der Waals surface area contributed by atoms with E-state index in [1.807, 2.05) is 5.06 Å². The Kier molecular flexibility index (Phi) is 12.5. The molecule has 0 fully saturated rings. The van der Waals surface area contributed by atoms with Crippen LogP contribution in [0.1, 0.15) is 46.5 Å². The fraction of sp³-hybridized carbons (Fsp3) is 1.00. The Labute approximate surface area is 159 Å². The molecule has 8 heteroatoms. The van der Waals surface area contributed by atoms with Gasteiger partial charge in [-0.25, -0.2) is 0 Å². The van der Waals surface area contributed by atoms with Gasteiger partial charge in [-0.05, 0) is 19.8 Å². The first-order valence-corrected chi connectivity index (χ1v) is 9.95. The molecule has 0 aromatic heterocycles. The molecule has 0 heterocycles. The van der Waals surface area contributed by atoms with Crippen molar-refractivity contribution in [2.45, 2.75) is 75.5 Å². The van der Waals surface area contributed by atoms with E-state index < -0.39 is 11.6 Å². The number of hydroxylamine groups is 2. The largest absolute Gasteiger partial charge is 0.355 e. The molecule has 0 aromatic rings. The molecule has 0 spiro atoms. The number of methoxy groups -OCH3 is 4. The van der Waals surface area contributed by atoms with Crippen LogP contribution in [0.25, 0.3) is 0 Å². The van der Waals surface area contributed by atoms with E-state index in [-0.39, 0.29) is 17.5 Å².